The van der Waals surface area contributed by atoms with Gasteiger partial charge in [-0.05, 0) is 117 Å². The minimum Gasteiger partial charge on any atom is -0.422 e. The van der Waals surface area contributed by atoms with Crippen LogP contribution in [-0.4, -0.2) is 17.5 Å². The fourth-order valence-electron chi connectivity index (χ4n) is 3.51. The van der Waals surface area contributed by atoms with Gasteiger partial charge in [0.2, 0.25) is 0 Å². The second-order valence-corrected chi connectivity index (χ2v) is 12.3. The number of carbonyl (C=O) groups is 1. The largest absolute Gasteiger partial charge is 0.422 e. The minimum absolute atomic E-state index is 0.287. The fraction of sp³-hybridized carbons (Fsp3) is 0.227. The number of fused-ring (bicyclic) bond motifs is 1. The summed E-state index contributed by atoms with van der Waals surface area (Å²) in [4.78, 5) is 14.4. The highest BCUT2D eigenvalue weighted by Crippen LogP contribution is 2.34. The number of hydrogen-bond acceptors (Lipinski definition) is 2. The third kappa shape index (κ3) is 4.34. The first-order valence-electron chi connectivity index (χ1n) is 9.11. The monoisotopic (exact) mass is 727 g/mol. The number of rotatable bonds is 3. The number of ether oxygens (including phenoxy) is 1. The van der Waals surface area contributed by atoms with Gasteiger partial charge in [-0.2, -0.15) is 0 Å². The Morgan fingerprint density at radius 1 is 0.821 bits per heavy atom. The van der Waals surface area contributed by atoms with Gasteiger partial charge < -0.3 is 4.74 Å². The standard InChI is InChI=1S/C22H18I3O2S/c23-16-10-11-17(24)21(25)20(16)22(26)27-18-8-4-7-15-14(18)6-5-9-19(15)28-12-2-1-3-13-28/h4-11H,1-3,12-13H2/q+1. The van der Waals surface area contributed by atoms with Crippen LogP contribution in [0.4, 0.5) is 0 Å². The molecule has 0 aliphatic carbocycles. The van der Waals surface area contributed by atoms with Crippen LogP contribution in [0.2, 0.25) is 0 Å². The Bertz CT molecular complexity index is 1050. The van der Waals surface area contributed by atoms with E-state index in [1.165, 1.54) is 41.0 Å². The molecule has 1 aliphatic rings. The predicted molar refractivity (Wildman–Crippen MR) is 143 cm³/mol. The average Bonchev–Trinajstić information content (AvgIpc) is 2.71. The smallest absolute Gasteiger partial charge is 0.345 e. The van der Waals surface area contributed by atoms with E-state index in [9.17, 15) is 4.79 Å². The lowest BCUT2D eigenvalue weighted by molar-refractivity contribution is 0.0735. The molecule has 6 heteroatoms. The number of carbonyl (C=O) groups excluding carboxylic acids is 1. The maximum absolute atomic E-state index is 13.0. The third-order valence-electron chi connectivity index (χ3n) is 4.89. The molecule has 0 saturated carbocycles. The molecular weight excluding hydrogens is 709 g/mol. The van der Waals surface area contributed by atoms with Gasteiger partial charge in [0.05, 0.1) is 5.56 Å². The zero-order valence-corrected chi connectivity index (χ0v) is 22.3. The van der Waals surface area contributed by atoms with Crippen LogP contribution in [0.15, 0.2) is 53.4 Å². The molecule has 2 nitrogen and oxygen atoms in total. The Kier molecular flexibility index (Phi) is 7.09. The van der Waals surface area contributed by atoms with Crippen LogP contribution in [0.3, 0.4) is 0 Å². The zero-order valence-electron chi connectivity index (χ0n) is 15.0. The molecule has 28 heavy (non-hydrogen) atoms. The third-order valence-corrected chi connectivity index (χ3v) is 11.4. The second-order valence-electron chi connectivity index (χ2n) is 6.68. The van der Waals surface area contributed by atoms with Gasteiger partial charge in [-0.15, -0.1) is 0 Å². The summed E-state index contributed by atoms with van der Waals surface area (Å²) in [6, 6.07) is 16.5. The van der Waals surface area contributed by atoms with E-state index in [0.717, 1.165) is 16.1 Å². The summed E-state index contributed by atoms with van der Waals surface area (Å²) in [5.74, 6) is 2.92. The first-order valence-corrected chi connectivity index (χ1v) is 13.9. The van der Waals surface area contributed by atoms with Gasteiger partial charge >= 0.3 is 5.97 Å². The Morgan fingerprint density at radius 3 is 2.29 bits per heavy atom. The van der Waals surface area contributed by atoms with Gasteiger partial charge in [0.25, 0.3) is 0 Å². The first kappa shape index (κ1) is 21.2. The molecule has 1 aliphatic heterocycles. The highest BCUT2D eigenvalue weighted by Gasteiger charge is 2.27. The lowest BCUT2D eigenvalue weighted by Crippen LogP contribution is -2.18. The summed E-state index contributed by atoms with van der Waals surface area (Å²) in [6.45, 7) is 0. The number of hydrogen-bond donors (Lipinski definition) is 0. The highest BCUT2D eigenvalue weighted by molar-refractivity contribution is 14.1. The van der Waals surface area contributed by atoms with E-state index in [0.29, 0.717) is 22.2 Å². The van der Waals surface area contributed by atoms with Crippen LogP contribution in [0.1, 0.15) is 29.6 Å². The summed E-state index contributed by atoms with van der Waals surface area (Å²) >= 11 is 6.69. The summed E-state index contributed by atoms with van der Waals surface area (Å²) in [6.07, 6.45) is 3.99. The quantitative estimate of drug-likeness (QED) is 0.0953. The van der Waals surface area contributed by atoms with Crippen molar-refractivity contribution in [1.29, 1.82) is 0 Å². The maximum Gasteiger partial charge on any atom is 0.345 e. The number of halogens is 3. The molecule has 4 rings (SSSR count). The summed E-state index contributed by atoms with van der Waals surface area (Å²) in [5, 5.41) is 2.26. The summed E-state index contributed by atoms with van der Waals surface area (Å²) < 4.78 is 8.84. The molecule has 1 saturated heterocycles. The molecule has 0 radical (unpaired) electrons. The summed E-state index contributed by atoms with van der Waals surface area (Å²) in [7, 11) is 0.306. The Morgan fingerprint density at radius 2 is 1.50 bits per heavy atom. The van der Waals surface area contributed by atoms with Gasteiger partial charge in [0.15, 0.2) is 4.90 Å². The second kappa shape index (κ2) is 9.38. The molecule has 1 fully saturated rings. The molecule has 144 valence electrons. The molecule has 0 atom stereocenters. The van der Waals surface area contributed by atoms with Crippen molar-refractivity contribution in [3.63, 3.8) is 0 Å². The minimum atomic E-state index is -0.287. The van der Waals surface area contributed by atoms with Crippen LogP contribution in [-0.2, 0) is 10.9 Å². The SMILES string of the molecule is O=C(Oc1cccc2c([S+]3CCCCC3)cccc12)c1c(I)ccc(I)c1I. The van der Waals surface area contributed by atoms with Gasteiger partial charge in [0.1, 0.15) is 17.3 Å². The normalized spacial score (nSPS) is 15.0. The van der Waals surface area contributed by atoms with Crippen molar-refractivity contribution in [1.82, 2.24) is 0 Å². The van der Waals surface area contributed by atoms with Crippen molar-refractivity contribution in [2.75, 3.05) is 11.5 Å². The van der Waals surface area contributed by atoms with E-state index < -0.39 is 0 Å². The molecule has 0 amide bonds. The van der Waals surface area contributed by atoms with Gasteiger partial charge in [-0.25, -0.2) is 4.79 Å². The topological polar surface area (TPSA) is 26.3 Å². The predicted octanol–water partition coefficient (Wildman–Crippen LogP) is 7.03. The maximum atomic E-state index is 13.0. The van der Waals surface area contributed by atoms with Crippen LogP contribution >= 0.6 is 67.8 Å². The molecule has 0 unspecified atom stereocenters. The average molecular weight is 727 g/mol. The van der Waals surface area contributed by atoms with Crippen molar-refractivity contribution in [3.05, 3.63) is 64.8 Å². The van der Waals surface area contributed by atoms with Crippen molar-refractivity contribution in [2.24, 2.45) is 0 Å². The first-order chi connectivity index (χ1) is 13.6. The van der Waals surface area contributed by atoms with Crippen LogP contribution < -0.4 is 4.74 Å². The Hall–Kier alpha value is -0.0700. The van der Waals surface area contributed by atoms with Gasteiger partial charge in [-0.3, -0.25) is 0 Å². The van der Waals surface area contributed by atoms with Crippen LogP contribution in [0.25, 0.3) is 10.8 Å². The van der Waals surface area contributed by atoms with E-state index in [1.54, 1.807) is 0 Å². The van der Waals surface area contributed by atoms with Crippen molar-refractivity contribution >= 4 is 95.4 Å². The molecular formula is C22H18I3O2S+. The zero-order chi connectivity index (χ0) is 19.7. The number of esters is 1. The molecule has 3 aromatic rings. The van der Waals surface area contributed by atoms with Crippen molar-refractivity contribution in [2.45, 2.75) is 24.2 Å². The number of benzene rings is 3. The Balaban J connectivity index is 1.72. The molecule has 1 heterocycles. The van der Waals surface area contributed by atoms with E-state index in [2.05, 4.69) is 92.0 Å². The fourth-order valence-corrected chi connectivity index (χ4v) is 8.34. The van der Waals surface area contributed by atoms with E-state index in [4.69, 9.17) is 4.74 Å². The van der Waals surface area contributed by atoms with E-state index in [1.807, 2.05) is 24.3 Å². The molecule has 0 N–H and O–H groups in total. The van der Waals surface area contributed by atoms with Gasteiger partial charge in [0, 0.05) is 32.4 Å². The van der Waals surface area contributed by atoms with E-state index >= 15 is 0 Å². The van der Waals surface area contributed by atoms with Crippen molar-refractivity contribution in [3.8, 4) is 5.75 Å². The van der Waals surface area contributed by atoms with Crippen LogP contribution in [0, 0.1) is 10.7 Å². The molecule has 3 aromatic carbocycles. The lowest BCUT2D eigenvalue weighted by atomic mass is 10.1. The molecule has 0 bridgehead atoms. The highest BCUT2D eigenvalue weighted by atomic mass is 127. The molecule has 0 aromatic heterocycles. The van der Waals surface area contributed by atoms with Crippen LogP contribution in [0.5, 0.6) is 5.75 Å². The lowest BCUT2D eigenvalue weighted by Gasteiger charge is -2.16. The molecule has 0 spiro atoms. The van der Waals surface area contributed by atoms with E-state index in [-0.39, 0.29) is 5.97 Å². The Labute approximate surface area is 209 Å². The van der Waals surface area contributed by atoms with Gasteiger partial charge in [-0.1, -0.05) is 18.2 Å². The summed E-state index contributed by atoms with van der Waals surface area (Å²) in [5.41, 5.74) is 0.649. The van der Waals surface area contributed by atoms with Crippen molar-refractivity contribution < 1.29 is 9.53 Å².